The number of nitrogens with zero attached hydrogens (tertiary/aromatic N) is 2. The van der Waals surface area contributed by atoms with Crippen molar-refractivity contribution in [2.75, 3.05) is 11.1 Å². The van der Waals surface area contributed by atoms with Gasteiger partial charge in [-0.2, -0.15) is 5.10 Å². The molecule has 0 spiro atoms. The Morgan fingerprint density at radius 2 is 1.79 bits per heavy atom. The number of carbonyl (C=O) groups excluding carboxylic acids is 2. The molecule has 0 bridgehead atoms. The Morgan fingerprint density at radius 3 is 2.49 bits per heavy atom. The van der Waals surface area contributed by atoms with Crippen molar-refractivity contribution in [2.24, 2.45) is 5.92 Å². The zero-order chi connectivity index (χ0) is 30.2. The molecule has 0 aliphatic carbocycles. The van der Waals surface area contributed by atoms with E-state index in [0.29, 0.717) is 23.0 Å². The lowest BCUT2D eigenvalue weighted by atomic mass is 9.91. The van der Waals surface area contributed by atoms with Crippen LogP contribution in [-0.4, -0.2) is 50.0 Å². The highest BCUT2D eigenvalue weighted by Crippen LogP contribution is 2.43. The van der Waals surface area contributed by atoms with Gasteiger partial charge in [-0.05, 0) is 42.2 Å². The van der Waals surface area contributed by atoms with Crippen molar-refractivity contribution in [3.8, 4) is 0 Å². The smallest absolute Gasteiger partial charge is 0.319 e. The number of carbonyl (C=O) groups is 2. The fraction of sp³-hybridized carbons (Fsp3) is 0.312. The second kappa shape index (κ2) is 14.4. The number of rotatable bonds is 11. The highest BCUT2D eigenvalue weighted by molar-refractivity contribution is 7.99. The zero-order valence-corrected chi connectivity index (χ0v) is 24.8. The van der Waals surface area contributed by atoms with Gasteiger partial charge in [-0.25, -0.2) is 9.78 Å². The monoisotopic (exact) mass is 601 g/mol. The number of Topliss-reactive ketones (excluding diaryl/α,β-unsaturated/α-hetero) is 1. The van der Waals surface area contributed by atoms with Gasteiger partial charge >= 0.3 is 6.03 Å². The van der Waals surface area contributed by atoms with Gasteiger partial charge in [-0.15, -0.1) is 0 Å². The van der Waals surface area contributed by atoms with E-state index in [1.807, 2.05) is 72.8 Å². The summed E-state index contributed by atoms with van der Waals surface area (Å²) in [5.41, 5.74) is 4.05. The molecular formula is C32H35N5O5S. The van der Waals surface area contributed by atoms with Crippen molar-refractivity contribution in [2.45, 2.75) is 56.6 Å². The molecular weight excluding hydrogens is 566 g/mol. The summed E-state index contributed by atoms with van der Waals surface area (Å²) >= 11 is 1.52. The van der Waals surface area contributed by atoms with Crippen LogP contribution in [0.4, 0.5) is 10.5 Å². The summed E-state index contributed by atoms with van der Waals surface area (Å²) in [6, 6.07) is 23.5. The Morgan fingerprint density at radius 1 is 1.00 bits per heavy atom. The number of amides is 2. The maximum atomic E-state index is 12.9. The maximum Gasteiger partial charge on any atom is 0.319 e. The molecule has 0 saturated carbocycles. The van der Waals surface area contributed by atoms with Crippen LogP contribution in [0, 0.1) is 5.92 Å². The number of hydrogen-bond donors (Lipinski definition) is 4. The van der Waals surface area contributed by atoms with Crippen LogP contribution in [0.2, 0.25) is 0 Å². The van der Waals surface area contributed by atoms with Crippen molar-refractivity contribution in [1.82, 2.24) is 20.5 Å². The standard InChI is InChI=1S/C32H35N5O5S/c1-20-28(18-43-32-33-19-34-37-32)41-30(42-29(20)24-13-11-23(17-38)12-14-24)25-9-6-10-26(16-25)35-31(40)36-27(21(2)39)15-22-7-4-3-5-8-22/h3-14,16,19-20,27-30,38H,15,17-18H2,1-2H3,(H,33,34,37)(H2,35,36,40)/t20-,27+,28+,29+,30?/m0/s1. The second-order valence-electron chi connectivity index (χ2n) is 10.5. The lowest BCUT2D eigenvalue weighted by molar-refractivity contribution is -0.268. The van der Waals surface area contributed by atoms with Crippen LogP contribution in [0.5, 0.6) is 0 Å². The van der Waals surface area contributed by atoms with Crippen LogP contribution in [0.1, 0.15) is 48.5 Å². The highest BCUT2D eigenvalue weighted by atomic mass is 32.2. The Labute approximate surface area is 254 Å². The average Bonchev–Trinajstić information content (AvgIpc) is 3.55. The summed E-state index contributed by atoms with van der Waals surface area (Å²) in [6.07, 6.45) is 0.707. The van der Waals surface area contributed by atoms with Crippen molar-refractivity contribution in [3.63, 3.8) is 0 Å². The zero-order valence-electron chi connectivity index (χ0n) is 24.0. The number of anilines is 1. The first-order valence-electron chi connectivity index (χ1n) is 14.1. The lowest BCUT2D eigenvalue weighted by Crippen LogP contribution is -2.43. The molecule has 224 valence electrons. The lowest BCUT2D eigenvalue weighted by Gasteiger charge is -2.41. The minimum absolute atomic E-state index is 0.00635. The Bertz CT molecular complexity index is 1490. The molecule has 1 saturated heterocycles. The molecule has 3 aromatic carbocycles. The van der Waals surface area contributed by atoms with E-state index in [-0.39, 0.29) is 30.5 Å². The van der Waals surface area contributed by atoms with E-state index in [1.165, 1.54) is 25.0 Å². The van der Waals surface area contributed by atoms with Crippen LogP contribution in [0.3, 0.4) is 0 Å². The van der Waals surface area contributed by atoms with E-state index in [0.717, 1.165) is 22.3 Å². The number of aromatic nitrogens is 3. The van der Waals surface area contributed by atoms with Gasteiger partial charge in [-0.1, -0.05) is 85.4 Å². The first kappa shape index (κ1) is 30.4. The molecule has 2 amide bonds. The largest absolute Gasteiger partial charge is 0.392 e. The third-order valence-electron chi connectivity index (χ3n) is 7.40. The number of hydrogen-bond acceptors (Lipinski definition) is 8. The number of ether oxygens (including phenoxy) is 2. The summed E-state index contributed by atoms with van der Waals surface area (Å²) in [7, 11) is 0. The molecule has 2 heterocycles. The number of aliphatic hydroxyl groups excluding tert-OH is 1. The van der Waals surface area contributed by atoms with E-state index in [9.17, 15) is 14.7 Å². The topological polar surface area (TPSA) is 138 Å². The number of H-pyrrole nitrogens is 1. The number of aliphatic hydroxyl groups is 1. The normalized spacial score (nSPS) is 20.7. The van der Waals surface area contributed by atoms with E-state index in [1.54, 1.807) is 6.07 Å². The third-order valence-corrected chi connectivity index (χ3v) is 8.36. The molecule has 11 heteroatoms. The number of thioether (sulfide) groups is 1. The number of benzene rings is 3. The molecule has 1 aliphatic rings. The first-order chi connectivity index (χ1) is 20.9. The van der Waals surface area contributed by atoms with Crippen LogP contribution >= 0.6 is 11.8 Å². The van der Waals surface area contributed by atoms with Gasteiger partial charge in [0.15, 0.2) is 17.2 Å². The van der Waals surface area contributed by atoms with Crippen molar-refractivity contribution < 1.29 is 24.2 Å². The Hall–Kier alpha value is -4.03. The van der Waals surface area contributed by atoms with Crippen LogP contribution in [-0.2, 0) is 27.3 Å². The van der Waals surface area contributed by atoms with Crippen molar-refractivity contribution >= 4 is 29.3 Å². The minimum atomic E-state index is -0.702. The van der Waals surface area contributed by atoms with Gasteiger partial charge in [0.25, 0.3) is 0 Å². The third kappa shape index (κ3) is 8.08. The predicted molar refractivity (Wildman–Crippen MR) is 163 cm³/mol. The molecule has 1 unspecified atom stereocenters. The molecule has 0 radical (unpaired) electrons. The quantitative estimate of drug-likeness (QED) is 0.172. The van der Waals surface area contributed by atoms with E-state index < -0.39 is 18.4 Å². The molecule has 5 rings (SSSR count). The summed E-state index contributed by atoms with van der Waals surface area (Å²) in [6.45, 7) is 3.53. The molecule has 43 heavy (non-hydrogen) atoms. The number of ketones is 1. The minimum Gasteiger partial charge on any atom is -0.392 e. The van der Waals surface area contributed by atoms with Crippen molar-refractivity contribution in [3.05, 3.63) is 107 Å². The second-order valence-corrected chi connectivity index (χ2v) is 11.5. The molecule has 4 aromatic rings. The van der Waals surface area contributed by atoms with Gasteiger partial charge in [-0.3, -0.25) is 9.89 Å². The molecule has 1 aromatic heterocycles. The summed E-state index contributed by atoms with van der Waals surface area (Å²) in [5.74, 6) is 0.500. The first-order valence-corrected chi connectivity index (χ1v) is 15.1. The number of nitrogens with one attached hydrogen (secondary N) is 3. The molecule has 10 nitrogen and oxygen atoms in total. The van der Waals surface area contributed by atoms with E-state index in [2.05, 4.69) is 32.7 Å². The van der Waals surface area contributed by atoms with Gasteiger partial charge in [0, 0.05) is 22.9 Å². The maximum absolute atomic E-state index is 12.9. The average molecular weight is 602 g/mol. The van der Waals surface area contributed by atoms with E-state index >= 15 is 0 Å². The molecule has 5 atom stereocenters. The predicted octanol–water partition coefficient (Wildman–Crippen LogP) is 5.20. The van der Waals surface area contributed by atoms with Gasteiger partial charge in [0.2, 0.25) is 0 Å². The number of aromatic amines is 1. The van der Waals surface area contributed by atoms with Gasteiger partial charge < -0.3 is 25.2 Å². The number of urea groups is 1. The SMILES string of the molecule is CC(=O)[C@@H](Cc1ccccc1)NC(=O)Nc1cccc(C2O[C@H](CSc3ncn[nH]3)[C@H](C)[C@H](c3ccc(CO)cc3)O2)c1. The summed E-state index contributed by atoms with van der Waals surface area (Å²) in [4.78, 5) is 29.4. The van der Waals surface area contributed by atoms with Crippen LogP contribution in [0.25, 0.3) is 0 Å². The Kier molecular flexibility index (Phi) is 10.2. The fourth-order valence-electron chi connectivity index (χ4n) is 4.97. The summed E-state index contributed by atoms with van der Waals surface area (Å²) < 4.78 is 13.0. The van der Waals surface area contributed by atoms with E-state index in [4.69, 9.17) is 9.47 Å². The van der Waals surface area contributed by atoms with Crippen LogP contribution < -0.4 is 10.6 Å². The van der Waals surface area contributed by atoms with Gasteiger partial charge in [0.05, 0.1) is 24.9 Å². The highest BCUT2D eigenvalue weighted by Gasteiger charge is 2.38. The molecule has 1 aliphatic heterocycles. The van der Waals surface area contributed by atoms with Gasteiger partial charge in [0.1, 0.15) is 6.33 Å². The molecule has 4 N–H and O–H groups in total. The Balaban J connectivity index is 1.31. The fourth-order valence-corrected chi connectivity index (χ4v) is 5.91. The van der Waals surface area contributed by atoms with Crippen molar-refractivity contribution in [1.29, 1.82) is 0 Å². The summed E-state index contributed by atoms with van der Waals surface area (Å²) in [5, 5.41) is 22.6. The van der Waals surface area contributed by atoms with Crippen LogP contribution in [0.15, 0.2) is 90.3 Å². The molecule has 1 fully saturated rings.